The number of nitrogens with zero attached hydrogens (tertiary/aromatic N) is 2. The number of ether oxygens (including phenoxy) is 4. The number of aliphatic carboxylic acids is 1. The average Bonchev–Trinajstić information content (AvgIpc) is 3.09. The molecule has 1 aromatic carbocycles. The van der Waals surface area contributed by atoms with Crippen LogP contribution in [0.15, 0.2) is 23.1 Å². The number of carbonyl (C=O) groups is 1. The molecule has 3 fully saturated rings. The van der Waals surface area contributed by atoms with Gasteiger partial charge in [0.2, 0.25) is 10.0 Å². The van der Waals surface area contributed by atoms with E-state index in [1.54, 1.807) is 18.2 Å². The van der Waals surface area contributed by atoms with Crippen molar-refractivity contribution < 1.29 is 50.4 Å². The van der Waals surface area contributed by atoms with E-state index in [9.17, 15) is 21.6 Å². The zero-order valence-corrected chi connectivity index (χ0v) is 21.6. The summed E-state index contributed by atoms with van der Waals surface area (Å²) in [4.78, 5) is 11.4. The Labute approximate surface area is 214 Å². The van der Waals surface area contributed by atoms with Crippen molar-refractivity contribution in [1.82, 2.24) is 9.21 Å². The molecule has 0 amide bonds. The van der Waals surface area contributed by atoms with Crippen LogP contribution >= 0.6 is 0 Å². The molecule has 3 saturated heterocycles. The number of hydrogen-bond donors (Lipinski definition) is 1. The SMILES string of the molecule is COc1cc(C)ccc1S(=O)(=O)N1CCOC[C@@]2(CC[C@H](CN3CCOCC3)O2)C1.O=C(O)C(F)(F)F. The zero-order chi connectivity index (χ0) is 27.3. The van der Waals surface area contributed by atoms with Crippen molar-refractivity contribution in [2.45, 2.75) is 42.5 Å². The predicted molar refractivity (Wildman–Crippen MR) is 125 cm³/mol. The van der Waals surface area contributed by atoms with Crippen molar-refractivity contribution in [2.75, 3.05) is 66.3 Å². The molecule has 3 heterocycles. The lowest BCUT2D eigenvalue weighted by Crippen LogP contribution is -2.47. The molecule has 37 heavy (non-hydrogen) atoms. The maximum absolute atomic E-state index is 13.5. The summed E-state index contributed by atoms with van der Waals surface area (Å²) in [6, 6.07) is 5.17. The van der Waals surface area contributed by atoms with Crippen LogP contribution in [0.4, 0.5) is 13.2 Å². The normalized spacial score (nSPS) is 25.8. The van der Waals surface area contributed by atoms with Crippen LogP contribution in [-0.4, -0.2) is 113 Å². The molecule has 0 saturated carbocycles. The Balaban J connectivity index is 0.000000479. The Morgan fingerprint density at radius 2 is 1.84 bits per heavy atom. The Morgan fingerprint density at radius 3 is 2.46 bits per heavy atom. The van der Waals surface area contributed by atoms with E-state index in [0.29, 0.717) is 32.1 Å². The van der Waals surface area contributed by atoms with Crippen LogP contribution in [0.2, 0.25) is 0 Å². The fourth-order valence-electron chi connectivity index (χ4n) is 4.52. The summed E-state index contributed by atoms with van der Waals surface area (Å²) in [5, 5.41) is 7.12. The highest BCUT2D eigenvalue weighted by atomic mass is 32.2. The first-order valence-corrected chi connectivity index (χ1v) is 13.3. The van der Waals surface area contributed by atoms with Gasteiger partial charge in [-0.1, -0.05) is 6.07 Å². The Kier molecular flexibility index (Phi) is 9.80. The van der Waals surface area contributed by atoms with E-state index >= 15 is 0 Å². The van der Waals surface area contributed by atoms with Gasteiger partial charge < -0.3 is 24.1 Å². The molecule has 3 aliphatic heterocycles. The van der Waals surface area contributed by atoms with E-state index in [-0.39, 0.29) is 11.0 Å². The molecule has 10 nitrogen and oxygen atoms in total. The van der Waals surface area contributed by atoms with E-state index < -0.39 is 27.8 Å². The van der Waals surface area contributed by atoms with Gasteiger partial charge in [-0.3, -0.25) is 4.90 Å². The first-order valence-electron chi connectivity index (χ1n) is 11.9. The van der Waals surface area contributed by atoms with Gasteiger partial charge in [-0.25, -0.2) is 13.2 Å². The van der Waals surface area contributed by atoms with Gasteiger partial charge in [0.1, 0.15) is 16.2 Å². The second-order valence-corrected chi connectivity index (χ2v) is 11.1. The Hall–Kier alpha value is -1.97. The number of aryl methyl sites for hydroxylation is 1. The highest BCUT2D eigenvalue weighted by Gasteiger charge is 2.46. The number of alkyl halides is 3. The third-order valence-electron chi connectivity index (χ3n) is 6.40. The van der Waals surface area contributed by atoms with E-state index in [4.69, 9.17) is 28.8 Å². The standard InChI is InChI=1S/C21H32N2O6S.C2HF3O2/c1-17-3-4-20(19(13-17)26-2)30(24,25)23-9-12-28-16-21(15-23)6-5-18(29-21)14-22-7-10-27-11-8-22;3-2(4,5)1(6)7/h3-4,13,18H,5-12,14-16H2,1-2H3;(H,6,7)/t18-,21-;/m1./s1. The fourth-order valence-corrected chi connectivity index (χ4v) is 6.16. The maximum Gasteiger partial charge on any atom is 0.490 e. The summed E-state index contributed by atoms with van der Waals surface area (Å²) in [6.07, 6.45) is -3.30. The molecule has 0 unspecified atom stereocenters. The minimum atomic E-state index is -5.08. The number of benzene rings is 1. The highest BCUT2D eigenvalue weighted by molar-refractivity contribution is 7.89. The number of rotatable bonds is 5. The van der Waals surface area contributed by atoms with Crippen molar-refractivity contribution >= 4 is 16.0 Å². The lowest BCUT2D eigenvalue weighted by atomic mass is 10.0. The first kappa shape index (κ1) is 29.6. The van der Waals surface area contributed by atoms with Gasteiger partial charge in [0, 0.05) is 32.7 Å². The second kappa shape index (κ2) is 12.3. The Morgan fingerprint density at radius 1 is 1.19 bits per heavy atom. The number of morpholine rings is 1. The monoisotopic (exact) mass is 554 g/mol. The molecule has 1 aromatic rings. The molecule has 4 rings (SSSR count). The van der Waals surface area contributed by atoms with Crippen LogP contribution in [0, 0.1) is 6.92 Å². The fraction of sp³-hybridized carbons (Fsp3) is 0.696. The van der Waals surface area contributed by atoms with Crippen LogP contribution in [0.1, 0.15) is 18.4 Å². The van der Waals surface area contributed by atoms with Crippen LogP contribution in [-0.2, 0) is 29.0 Å². The summed E-state index contributed by atoms with van der Waals surface area (Å²) in [7, 11) is -2.23. The van der Waals surface area contributed by atoms with Gasteiger partial charge in [0.05, 0.1) is 39.6 Å². The summed E-state index contributed by atoms with van der Waals surface area (Å²) in [5.74, 6) is -2.39. The zero-order valence-electron chi connectivity index (χ0n) is 20.8. The summed E-state index contributed by atoms with van der Waals surface area (Å²) in [6.45, 7) is 7.48. The lowest BCUT2D eigenvalue weighted by molar-refractivity contribution is -0.192. The maximum atomic E-state index is 13.5. The van der Waals surface area contributed by atoms with E-state index in [1.807, 2.05) is 6.92 Å². The summed E-state index contributed by atoms with van der Waals surface area (Å²) < 4.78 is 83.3. The smallest absolute Gasteiger partial charge is 0.490 e. The molecule has 0 radical (unpaired) electrons. The molecule has 210 valence electrons. The number of methoxy groups -OCH3 is 1. The van der Waals surface area contributed by atoms with Gasteiger partial charge in [-0.2, -0.15) is 17.5 Å². The molecule has 1 N–H and O–H groups in total. The molecule has 0 aromatic heterocycles. The molecule has 0 aliphatic carbocycles. The third-order valence-corrected chi connectivity index (χ3v) is 8.28. The molecular formula is C23H33F3N2O8S. The van der Waals surface area contributed by atoms with Crippen molar-refractivity contribution in [3.63, 3.8) is 0 Å². The Bertz CT molecular complexity index is 1030. The number of carboxylic acids is 1. The van der Waals surface area contributed by atoms with E-state index in [1.165, 1.54) is 11.4 Å². The second-order valence-electron chi connectivity index (χ2n) is 9.22. The number of sulfonamides is 1. The van der Waals surface area contributed by atoms with Crippen LogP contribution in [0.3, 0.4) is 0 Å². The lowest BCUT2D eigenvalue weighted by Gasteiger charge is -2.33. The van der Waals surface area contributed by atoms with Crippen molar-refractivity contribution in [1.29, 1.82) is 0 Å². The van der Waals surface area contributed by atoms with Gasteiger partial charge in [-0.15, -0.1) is 0 Å². The van der Waals surface area contributed by atoms with Crippen molar-refractivity contribution in [3.8, 4) is 5.75 Å². The quantitative estimate of drug-likeness (QED) is 0.583. The van der Waals surface area contributed by atoms with Crippen LogP contribution in [0.25, 0.3) is 0 Å². The summed E-state index contributed by atoms with van der Waals surface area (Å²) >= 11 is 0. The largest absolute Gasteiger partial charge is 0.495 e. The topological polar surface area (TPSA) is 115 Å². The van der Waals surface area contributed by atoms with Crippen LogP contribution < -0.4 is 4.74 Å². The molecular weight excluding hydrogens is 521 g/mol. The average molecular weight is 555 g/mol. The first-order chi connectivity index (χ1) is 17.4. The molecule has 0 bridgehead atoms. The van der Waals surface area contributed by atoms with Crippen molar-refractivity contribution in [3.05, 3.63) is 23.8 Å². The van der Waals surface area contributed by atoms with Gasteiger partial charge >= 0.3 is 12.1 Å². The third kappa shape index (κ3) is 7.77. The molecule has 14 heteroatoms. The number of halogens is 3. The predicted octanol–water partition coefficient (Wildman–Crippen LogP) is 1.91. The minimum Gasteiger partial charge on any atom is -0.495 e. The number of hydrogen-bond acceptors (Lipinski definition) is 8. The molecule has 3 aliphatic rings. The number of carboxylic acid groups (broad SMARTS) is 1. The van der Waals surface area contributed by atoms with Gasteiger partial charge in [0.15, 0.2) is 0 Å². The molecule has 2 atom stereocenters. The summed E-state index contributed by atoms with van der Waals surface area (Å²) in [5.41, 5.74) is 0.352. The van der Waals surface area contributed by atoms with Gasteiger partial charge in [-0.05, 0) is 37.5 Å². The van der Waals surface area contributed by atoms with Gasteiger partial charge in [0.25, 0.3) is 0 Å². The van der Waals surface area contributed by atoms with E-state index in [2.05, 4.69) is 4.90 Å². The van der Waals surface area contributed by atoms with E-state index in [0.717, 1.165) is 51.3 Å². The van der Waals surface area contributed by atoms with Crippen molar-refractivity contribution in [2.24, 2.45) is 0 Å². The highest BCUT2D eigenvalue weighted by Crippen LogP contribution is 2.36. The minimum absolute atomic E-state index is 0.0864. The van der Waals surface area contributed by atoms with Crippen LogP contribution in [0.5, 0.6) is 5.75 Å². The molecule has 1 spiro atoms.